The second kappa shape index (κ2) is 12.5. The Kier molecular flexibility index (Phi) is 8.45. The summed E-state index contributed by atoms with van der Waals surface area (Å²) in [5, 5.41) is 22.2. The molecule has 1 saturated carbocycles. The van der Waals surface area contributed by atoms with Crippen LogP contribution >= 0.6 is 0 Å². The number of rotatable bonds is 8. The van der Waals surface area contributed by atoms with Crippen molar-refractivity contribution in [2.75, 3.05) is 14.2 Å². The molecule has 0 aromatic heterocycles. The van der Waals surface area contributed by atoms with Gasteiger partial charge in [-0.25, -0.2) is 0 Å². The molecule has 1 unspecified atom stereocenters. The zero-order chi connectivity index (χ0) is 27.9. The van der Waals surface area contributed by atoms with Crippen LogP contribution in [0.25, 0.3) is 22.3 Å². The smallest absolute Gasteiger partial charge is 0.132 e. The first kappa shape index (κ1) is 27.0. The van der Waals surface area contributed by atoms with Crippen LogP contribution in [0.5, 0.6) is 23.0 Å². The molecule has 1 aliphatic carbocycles. The van der Waals surface area contributed by atoms with Crippen molar-refractivity contribution in [2.45, 2.75) is 37.8 Å². The predicted molar refractivity (Wildman–Crippen MR) is 161 cm³/mol. The van der Waals surface area contributed by atoms with E-state index < -0.39 is 0 Å². The fourth-order valence-electron chi connectivity index (χ4n) is 5.29. The summed E-state index contributed by atoms with van der Waals surface area (Å²) in [5.41, 5.74) is 4.36. The minimum Gasteiger partial charge on any atom is -0.507 e. The van der Waals surface area contributed by atoms with Crippen molar-refractivity contribution in [3.05, 3.63) is 96.1 Å². The van der Waals surface area contributed by atoms with Crippen LogP contribution in [0.1, 0.15) is 36.8 Å². The normalized spacial score (nSPS) is 17.4. The van der Waals surface area contributed by atoms with Crippen LogP contribution in [-0.4, -0.2) is 48.9 Å². The molecule has 6 heteroatoms. The number of nitrogens with zero attached hydrogens (tertiary/aromatic N) is 2. The van der Waals surface area contributed by atoms with Crippen molar-refractivity contribution in [2.24, 2.45) is 9.98 Å². The standard InChI is InChI=1S/C34H34N2O4/c1-39-31-19-7-3-13-25(31)27-15-9-11-23(33(27)37)21-35-29-17-5-6-18-30(29)36-22-24-12-10-16-28(34(24)38)26-14-4-8-20-32(26)40-2/h3-4,7-16,19-22,29-30,37-38H,5-6,17-18H2,1-2H3/b35-21+,36-22+/t29-,30?/m1/s1. The Morgan fingerprint density at radius 2 is 0.975 bits per heavy atom. The second-order valence-corrected chi connectivity index (χ2v) is 9.86. The molecule has 40 heavy (non-hydrogen) atoms. The Bertz CT molecular complexity index is 1410. The van der Waals surface area contributed by atoms with Gasteiger partial charge in [0.1, 0.15) is 23.0 Å². The number of hydrogen-bond acceptors (Lipinski definition) is 6. The maximum absolute atomic E-state index is 11.1. The lowest BCUT2D eigenvalue weighted by Crippen LogP contribution is -2.27. The highest BCUT2D eigenvalue weighted by atomic mass is 16.5. The number of methoxy groups -OCH3 is 2. The number of hydrogen-bond donors (Lipinski definition) is 2. The highest BCUT2D eigenvalue weighted by Gasteiger charge is 2.24. The average Bonchev–Trinajstić information content (AvgIpc) is 3.00. The van der Waals surface area contributed by atoms with E-state index in [1.807, 2.05) is 84.9 Å². The summed E-state index contributed by atoms with van der Waals surface area (Å²) in [6.45, 7) is 0. The molecule has 6 nitrogen and oxygen atoms in total. The molecule has 1 fully saturated rings. The fourth-order valence-corrected chi connectivity index (χ4v) is 5.29. The van der Waals surface area contributed by atoms with Gasteiger partial charge in [0, 0.05) is 45.8 Å². The molecule has 2 N–H and O–H groups in total. The maximum Gasteiger partial charge on any atom is 0.132 e. The number of ether oxygens (including phenoxy) is 2. The van der Waals surface area contributed by atoms with Gasteiger partial charge in [0.15, 0.2) is 0 Å². The van der Waals surface area contributed by atoms with Crippen LogP contribution < -0.4 is 9.47 Å². The molecule has 4 aromatic carbocycles. The van der Waals surface area contributed by atoms with E-state index in [1.54, 1.807) is 26.6 Å². The van der Waals surface area contributed by atoms with Crippen molar-refractivity contribution in [3.63, 3.8) is 0 Å². The minimum absolute atomic E-state index is 0.0149. The Morgan fingerprint density at radius 1 is 0.575 bits per heavy atom. The number of para-hydroxylation sites is 4. The van der Waals surface area contributed by atoms with Gasteiger partial charge in [-0.3, -0.25) is 9.98 Å². The largest absolute Gasteiger partial charge is 0.507 e. The highest BCUT2D eigenvalue weighted by molar-refractivity contribution is 5.91. The molecule has 4 aromatic rings. The highest BCUT2D eigenvalue weighted by Crippen LogP contribution is 2.38. The van der Waals surface area contributed by atoms with E-state index >= 15 is 0 Å². The van der Waals surface area contributed by atoms with E-state index in [9.17, 15) is 10.2 Å². The summed E-state index contributed by atoms with van der Waals surface area (Å²) in [5.74, 6) is 1.74. The first-order valence-electron chi connectivity index (χ1n) is 13.6. The molecule has 0 saturated heterocycles. The van der Waals surface area contributed by atoms with Gasteiger partial charge >= 0.3 is 0 Å². The second-order valence-electron chi connectivity index (χ2n) is 9.86. The van der Waals surface area contributed by atoms with Crippen molar-refractivity contribution < 1.29 is 19.7 Å². The van der Waals surface area contributed by atoms with E-state index in [2.05, 4.69) is 0 Å². The van der Waals surface area contributed by atoms with Crippen LogP contribution in [0.15, 0.2) is 94.9 Å². The summed E-state index contributed by atoms with van der Waals surface area (Å²) in [7, 11) is 3.25. The summed E-state index contributed by atoms with van der Waals surface area (Å²) in [6, 6.07) is 26.6. The van der Waals surface area contributed by atoms with Gasteiger partial charge in [-0.15, -0.1) is 0 Å². The summed E-state index contributed by atoms with van der Waals surface area (Å²) < 4.78 is 11.0. The summed E-state index contributed by atoms with van der Waals surface area (Å²) in [4.78, 5) is 9.77. The minimum atomic E-state index is -0.0149. The maximum atomic E-state index is 11.1. The third-order valence-electron chi connectivity index (χ3n) is 7.43. The zero-order valence-electron chi connectivity index (χ0n) is 22.8. The van der Waals surface area contributed by atoms with Crippen molar-refractivity contribution >= 4 is 12.4 Å². The first-order chi connectivity index (χ1) is 19.6. The topological polar surface area (TPSA) is 83.6 Å². The number of aromatic hydroxyl groups is 2. The lowest BCUT2D eigenvalue weighted by molar-refractivity contribution is 0.390. The molecule has 0 bridgehead atoms. The van der Waals surface area contributed by atoms with E-state index in [0.29, 0.717) is 33.8 Å². The number of phenolic OH excluding ortho intramolecular Hbond substituents is 2. The first-order valence-corrected chi connectivity index (χ1v) is 13.6. The molecule has 204 valence electrons. The van der Waals surface area contributed by atoms with Crippen molar-refractivity contribution in [1.29, 1.82) is 0 Å². The molecule has 5 rings (SSSR count). The zero-order valence-corrected chi connectivity index (χ0v) is 22.8. The summed E-state index contributed by atoms with van der Waals surface area (Å²) in [6.07, 6.45) is 7.50. The van der Waals surface area contributed by atoms with Gasteiger partial charge in [-0.1, -0.05) is 73.5 Å². The molecule has 0 heterocycles. The van der Waals surface area contributed by atoms with E-state index in [4.69, 9.17) is 19.5 Å². The fraction of sp³-hybridized carbons (Fsp3) is 0.235. The van der Waals surface area contributed by atoms with Crippen LogP contribution in [0, 0.1) is 0 Å². The molecular formula is C34H34N2O4. The Balaban J connectivity index is 1.38. The molecule has 0 spiro atoms. The number of aliphatic imine (C=N–C) groups is 2. The van der Waals surface area contributed by atoms with Crippen LogP contribution in [0.4, 0.5) is 0 Å². The third kappa shape index (κ3) is 5.71. The summed E-state index contributed by atoms with van der Waals surface area (Å²) >= 11 is 0. The van der Waals surface area contributed by atoms with Crippen LogP contribution in [0.2, 0.25) is 0 Å². The molecule has 0 aliphatic heterocycles. The van der Waals surface area contributed by atoms with Gasteiger partial charge in [-0.05, 0) is 37.1 Å². The van der Waals surface area contributed by atoms with Gasteiger partial charge < -0.3 is 19.7 Å². The lowest BCUT2D eigenvalue weighted by Gasteiger charge is -2.25. The van der Waals surface area contributed by atoms with Crippen molar-refractivity contribution in [3.8, 4) is 45.3 Å². The van der Waals surface area contributed by atoms with Crippen LogP contribution in [0.3, 0.4) is 0 Å². The number of phenols is 2. The lowest BCUT2D eigenvalue weighted by atomic mass is 9.91. The SMILES string of the molecule is COc1ccccc1-c1cccc(/C=N/C2CCCC[C@H]2/N=C/c2cccc(-c3ccccc3OC)c2O)c1O. The monoisotopic (exact) mass is 534 g/mol. The van der Waals surface area contributed by atoms with Gasteiger partial charge in [-0.2, -0.15) is 0 Å². The molecular weight excluding hydrogens is 500 g/mol. The Hall–Kier alpha value is -4.58. The van der Waals surface area contributed by atoms with E-state index in [1.165, 1.54) is 0 Å². The Morgan fingerprint density at radius 3 is 1.40 bits per heavy atom. The molecule has 1 aliphatic rings. The molecule has 0 radical (unpaired) electrons. The van der Waals surface area contributed by atoms with E-state index in [0.717, 1.165) is 36.8 Å². The molecule has 0 amide bonds. The van der Waals surface area contributed by atoms with Gasteiger partial charge in [0.05, 0.1) is 26.3 Å². The van der Waals surface area contributed by atoms with Crippen molar-refractivity contribution in [1.82, 2.24) is 0 Å². The quantitative estimate of drug-likeness (QED) is 0.232. The van der Waals surface area contributed by atoms with Crippen LogP contribution in [-0.2, 0) is 0 Å². The predicted octanol–water partition coefficient (Wildman–Crippen LogP) is 7.30. The van der Waals surface area contributed by atoms with Gasteiger partial charge in [0.25, 0.3) is 0 Å². The van der Waals surface area contributed by atoms with E-state index in [-0.39, 0.29) is 23.6 Å². The average molecular weight is 535 g/mol. The van der Waals surface area contributed by atoms with Gasteiger partial charge in [0.2, 0.25) is 0 Å². The third-order valence-corrected chi connectivity index (χ3v) is 7.43. The number of benzene rings is 4. The molecule has 2 atom stereocenters. The Labute approximate surface area is 235 Å².